The Morgan fingerprint density at radius 3 is 3.24 bits per heavy atom. The lowest BCUT2D eigenvalue weighted by Crippen LogP contribution is -2.12. The first-order valence-corrected chi connectivity index (χ1v) is 6.07. The SMILES string of the molecule is c1cn(CCNc2ncnc3sccc23)nn1. The van der Waals surface area contributed by atoms with Crippen LogP contribution in [0.15, 0.2) is 30.2 Å². The molecule has 3 aromatic heterocycles. The van der Waals surface area contributed by atoms with E-state index in [1.54, 1.807) is 28.5 Å². The number of nitrogens with one attached hydrogen (secondary N) is 1. The highest BCUT2D eigenvalue weighted by molar-refractivity contribution is 7.16. The van der Waals surface area contributed by atoms with E-state index in [1.165, 1.54) is 0 Å². The van der Waals surface area contributed by atoms with Crippen molar-refractivity contribution in [1.82, 2.24) is 25.0 Å². The van der Waals surface area contributed by atoms with Crippen LogP contribution in [0.2, 0.25) is 0 Å². The van der Waals surface area contributed by atoms with Gasteiger partial charge < -0.3 is 5.32 Å². The number of hydrogen-bond donors (Lipinski definition) is 1. The van der Waals surface area contributed by atoms with Gasteiger partial charge in [-0.3, -0.25) is 4.68 Å². The second-order valence-corrected chi connectivity index (χ2v) is 4.35. The summed E-state index contributed by atoms with van der Waals surface area (Å²) in [4.78, 5) is 9.44. The highest BCUT2D eigenvalue weighted by Gasteiger charge is 2.03. The van der Waals surface area contributed by atoms with Crippen molar-refractivity contribution >= 4 is 27.4 Å². The largest absolute Gasteiger partial charge is 0.368 e. The van der Waals surface area contributed by atoms with E-state index in [2.05, 4.69) is 25.6 Å². The number of anilines is 1. The monoisotopic (exact) mass is 246 g/mol. The van der Waals surface area contributed by atoms with Gasteiger partial charge in [0.05, 0.1) is 18.1 Å². The molecule has 17 heavy (non-hydrogen) atoms. The molecule has 0 aromatic carbocycles. The molecule has 1 N–H and O–H groups in total. The maximum absolute atomic E-state index is 4.24. The minimum Gasteiger partial charge on any atom is -0.368 e. The molecule has 0 bridgehead atoms. The summed E-state index contributed by atoms with van der Waals surface area (Å²) in [6, 6.07) is 2.03. The molecule has 0 radical (unpaired) electrons. The van der Waals surface area contributed by atoms with Gasteiger partial charge in [0.1, 0.15) is 17.0 Å². The summed E-state index contributed by atoms with van der Waals surface area (Å²) in [6.45, 7) is 1.51. The van der Waals surface area contributed by atoms with Crippen LogP contribution in [0.3, 0.4) is 0 Å². The molecule has 0 aliphatic heterocycles. The Bertz CT molecular complexity index is 602. The lowest BCUT2D eigenvalue weighted by Gasteiger charge is -2.05. The third-order valence-corrected chi connectivity index (χ3v) is 3.19. The predicted molar refractivity (Wildman–Crippen MR) is 65.9 cm³/mol. The zero-order valence-electron chi connectivity index (χ0n) is 8.95. The summed E-state index contributed by atoms with van der Waals surface area (Å²) in [7, 11) is 0. The van der Waals surface area contributed by atoms with Gasteiger partial charge in [0.15, 0.2) is 0 Å². The van der Waals surface area contributed by atoms with Crippen LogP contribution in [0, 0.1) is 0 Å². The summed E-state index contributed by atoms with van der Waals surface area (Å²) in [5, 5.41) is 14.0. The van der Waals surface area contributed by atoms with Gasteiger partial charge >= 0.3 is 0 Å². The number of nitrogens with zero attached hydrogens (tertiary/aromatic N) is 5. The fourth-order valence-corrected chi connectivity index (χ4v) is 2.30. The molecule has 0 aliphatic carbocycles. The van der Waals surface area contributed by atoms with Gasteiger partial charge in [-0.15, -0.1) is 16.4 Å². The number of fused-ring (bicyclic) bond motifs is 1. The first-order chi connectivity index (χ1) is 8.43. The van der Waals surface area contributed by atoms with Gasteiger partial charge in [0.2, 0.25) is 0 Å². The Kier molecular flexibility index (Phi) is 2.66. The van der Waals surface area contributed by atoms with Crippen molar-refractivity contribution in [2.45, 2.75) is 6.54 Å². The van der Waals surface area contributed by atoms with Crippen LogP contribution in [0.25, 0.3) is 10.2 Å². The molecule has 0 unspecified atom stereocenters. The first-order valence-electron chi connectivity index (χ1n) is 5.19. The zero-order chi connectivity index (χ0) is 11.5. The van der Waals surface area contributed by atoms with Crippen molar-refractivity contribution in [2.75, 3.05) is 11.9 Å². The van der Waals surface area contributed by atoms with Gasteiger partial charge in [-0.1, -0.05) is 5.21 Å². The van der Waals surface area contributed by atoms with Crippen molar-refractivity contribution in [3.63, 3.8) is 0 Å². The Balaban J connectivity index is 1.70. The van der Waals surface area contributed by atoms with E-state index < -0.39 is 0 Å². The van der Waals surface area contributed by atoms with E-state index in [1.807, 2.05) is 17.6 Å². The molecule has 0 fully saturated rings. The molecular formula is C10H10N6S. The molecule has 0 saturated carbocycles. The molecule has 0 saturated heterocycles. The maximum atomic E-state index is 4.24. The van der Waals surface area contributed by atoms with E-state index in [4.69, 9.17) is 0 Å². The van der Waals surface area contributed by atoms with Crippen LogP contribution in [-0.2, 0) is 6.54 Å². The summed E-state index contributed by atoms with van der Waals surface area (Å²) >= 11 is 1.61. The van der Waals surface area contributed by atoms with Crippen molar-refractivity contribution in [2.24, 2.45) is 0 Å². The molecule has 86 valence electrons. The Hall–Kier alpha value is -2.02. The van der Waals surface area contributed by atoms with Crippen LogP contribution < -0.4 is 5.32 Å². The molecule has 3 aromatic rings. The fourth-order valence-electron chi connectivity index (χ4n) is 1.57. The smallest absolute Gasteiger partial charge is 0.138 e. The standard InChI is InChI=1S/C10H10N6S/c1-6-17-10-8(1)9(12-7-13-10)11-2-4-16-5-3-14-15-16/h1,3,5-7H,2,4H2,(H,11,12,13). The van der Waals surface area contributed by atoms with Crippen LogP contribution in [0.5, 0.6) is 0 Å². The van der Waals surface area contributed by atoms with Crippen LogP contribution in [0.4, 0.5) is 5.82 Å². The Morgan fingerprint density at radius 2 is 2.35 bits per heavy atom. The zero-order valence-corrected chi connectivity index (χ0v) is 9.76. The molecule has 0 atom stereocenters. The van der Waals surface area contributed by atoms with Crippen LogP contribution >= 0.6 is 11.3 Å². The molecule has 6 nitrogen and oxygen atoms in total. The highest BCUT2D eigenvalue weighted by Crippen LogP contribution is 2.23. The fraction of sp³-hybridized carbons (Fsp3) is 0.200. The summed E-state index contributed by atoms with van der Waals surface area (Å²) < 4.78 is 1.78. The third-order valence-electron chi connectivity index (χ3n) is 2.37. The number of thiophene rings is 1. The molecular weight excluding hydrogens is 236 g/mol. The van der Waals surface area contributed by atoms with E-state index >= 15 is 0 Å². The van der Waals surface area contributed by atoms with E-state index in [0.717, 1.165) is 29.1 Å². The normalized spacial score (nSPS) is 10.8. The average molecular weight is 246 g/mol. The van der Waals surface area contributed by atoms with Crippen LogP contribution in [-0.4, -0.2) is 31.5 Å². The van der Waals surface area contributed by atoms with Crippen molar-refractivity contribution in [1.29, 1.82) is 0 Å². The van der Waals surface area contributed by atoms with Crippen molar-refractivity contribution in [3.05, 3.63) is 30.2 Å². The number of hydrogen-bond acceptors (Lipinski definition) is 6. The first kappa shape index (κ1) is 10.2. The summed E-state index contributed by atoms with van der Waals surface area (Å²) in [5.41, 5.74) is 0. The molecule has 0 aliphatic rings. The summed E-state index contributed by atoms with van der Waals surface area (Å²) in [5.74, 6) is 0.872. The van der Waals surface area contributed by atoms with Crippen molar-refractivity contribution < 1.29 is 0 Å². The lowest BCUT2D eigenvalue weighted by molar-refractivity contribution is 0.608. The van der Waals surface area contributed by atoms with E-state index in [0.29, 0.717) is 0 Å². The van der Waals surface area contributed by atoms with Gasteiger partial charge in [0, 0.05) is 12.7 Å². The second-order valence-electron chi connectivity index (χ2n) is 3.45. The van der Waals surface area contributed by atoms with E-state index in [-0.39, 0.29) is 0 Å². The molecule has 0 amide bonds. The topological polar surface area (TPSA) is 68.5 Å². The highest BCUT2D eigenvalue weighted by atomic mass is 32.1. The minimum atomic E-state index is 0.755. The predicted octanol–water partition coefficient (Wildman–Crippen LogP) is 1.39. The van der Waals surface area contributed by atoms with Crippen molar-refractivity contribution in [3.8, 4) is 0 Å². The number of aromatic nitrogens is 5. The molecule has 3 rings (SSSR count). The minimum absolute atomic E-state index is 0.755. The van der Waals surface area contributed by atoms with Crippen LogP contribution in [0.1, 0.15) is 0 Å². The van der Waals surface area contributed by atoms with Gasteiger partial charge in [-0.2, -0.15) is 0 Å². The third kappa shape index (κ3) is 2.09. The number of rotatable bonds is 4. The van der Waals surface area contributed by atoms with Gasteiger partial charge in [-0.25, -0.2) is 9.97 Å². The quantitative estimate of drug-likeness (QED) is 0.753. The lowest BCUT2D eigenvalue weighted by atomic mass is 10.4. The Morgan fingerprint density at radius 1 is 1.35 bits per heavy atom. The summed E-state index contributed by atoms with van der Waals surface area (Å²) in [6.07, 6.45) is 5.08. The second kappa shape index (κ2) is 4.46. The maximum Gasteiger partial charge on any atom is 0.138 e. The van der Waals surface area contributed by atoms with Gasteiger partial charge in [-0.05, 0) is 11.4 Å². The van der Waals surface area contributed by atoms with E-state index in [9.17, 15) is 0 Å². The van der Waals surface area contributed by atoms with Gasteiger partial charge in [0.25, 0.3) is 0 Å². The molecule has 0 spiro atoms. The average Bonchev–Trinajstić information content (AvgIpc) is 2.99. The molecule has 7 heteroatoms. The Labute approximate surface area is 101 Å². The molecule has 3 heterocycles.